The number of nitrogens with two attached hydrogens (primary N) is 1. The Labute approximate surface area is 109 Å². The number of benzene rings is 1. The molecule has 0 heterocycles. The number of aryl methyl sites for hydroxylation is 1. The van der Waals surface area contributed by atoms with Gasteiger partial charge in [-0.05, 0) is 31.4 Å². The second-order valence-corrected chi connectivity index (χ2v) is 5.37. The molecule has 92 valence electrons. The number of hydrogen-bond acceptors (Lipinski definition) is 2. The van der Waals surface area contributed by atoms with Gasteiger partial charge in [-0.3, -0.25) is 0 Å². The normalized spacial score (nSPS) is 15.4. The number of anilines is 1. The summed E-state index contributed by atoms with van der Waals surface area (Å²) >= 11 is 5.08. The first-order chi connectivity index (χ1) is 8.16. The highest BCUT2D eigenvalue weighted by Gasteiger charge is 2.16. The Hall–Kier alpha value is -1.09. The molecule has 3 N–H and O–H groups in total. The van der Waals surface area contributed by atoms with Crippen LogP contribution in [-0.4, -0.2) is 11.5 Å². The lowest BCUT2D eigenvalue weighted by atomic mass is 9.83. The third-order valence-corrected chi connectivity index (χ3v) is 3.75. The standard InChI is InChI=1S/C14H20N2S/c1-10-5-6-13(12(9-10)14(15)17)16-8-7-11-3-2-4-11/h5-6,9,11,16H,2-4,7-8H2,1H3,(H2,15,17). The highest BCUT2D eigenvalue weighted by molar-refractivity contribution is 7.80. The smallest absolute Gasteiger partial charge is 0.106 e. The minimum Gasteiger partial charge on any atom is -0.389 e. The van der Waals surface area contributed by atoms with Crippen molar-refractivity contribution in [3.63, 3.8) is 0 Å². The van der Waals surface area contributed by atoms with E-state index >= 15 is 0 Å². The zero-order chi connectivity index (χ0) is 12.3. The molecule has 0 atom stereocenters. The highest BCUT2D eigenvalue weighted by Crippen LogP contribution is 2.29. The van der Waals surface area contributed by atoms with Gasteiger partial charge in [0, 0.05) is 17.8 Å². The van der Waals surface area contributed by atoms with Gasteiger partial charge >= 0.3 is 0 Å². The molecule has 0 aliphatic heterocycles. The zero-order valence-electron chi connectivity index (χ0n) is 10.3. The second-order valence-electron chi connectivity index (χ2n) is 4.93. The van der Waals surface area contributed by atoms with Gasteiger partial charge in [-0.15, -0.1) is 0 Å². The van der Waals surface area contributed by atoms with Crippen LogP contribution in [0, 0.1) is 12.8 Å². The van der Waals surface area contributed by atoms with Crippen LogP contribution >= 0.6 is 12.2 Å². The zero-order valence-corrected chi connectivity index (χ0v) is 11.1. The first-order valence-electron chi connectivity index (χ1n) is 6.31. The van der Waals surface area contributed by atoms with Crippen LogP contribution in [0.25, 0.3) is 0 Å². The predicted molar refractivity (Wildman–Crippen MR) is 77.5 cm³/mol. The largest absolute Gasteiger partial charge is 0.389 e. The molecule has 0 bridgehead atoms. The van der Waals surface area contributed by atoms with E-state index in [0.717, 1.165) is 23.7 Å². The van der Waals surface area contributed by atoms with E-state index in [9.17, 15) is 0 Å². The molecule has 0 amide bonds. The second kappa shape index (κ2) is 5.50. The van der Waals surface area contributed by atoms with Crippen molar-refractivity contribution >= 4 is 22.9 Å². The van der Waals surface area contributed by atoms with Crippen molar-refractivity contribution in [2.24, 2.45) is 11.7 Å². The van der Waals surface area contributed by atoms with Crippen molar-refractivity contribution < 1.29 is 0 Å². The third kappa shape index (κ3) is 3.19. The molecule has 1 aliphatic carbocycles. The lowest BCUT2D eigenvalue weighted by Crippen LogP contribution is -2.18. The summed E-state index contributed by atoms with van der Waals surface area (Å²) in [7, 11) is 0. The number of thiocarbonyl (C=S) groups is 1. The monoisotopic (exact) mass is 248 g/mol. The van der Waals surface area contributed by atoms with E-state index in [4.69, 9.17) is 18.0 Å². The van der Waals surface area contributed by atoms with Gasteiger partial charge in [0.15, 0.2) is 0 Å². The molecule has 2 rings (SSSR count). The van der Waals surface area contributed by atoms with Gasteiger partial charge in [0.25, 0.3) is 0 Å². The van der Waals surface area contributed by atoms with Gasteiger partial charge in [0.2, 0.25) is 0 Å². The van der Waals surface area contributed by atoms with Gasteiger partial charge < -0.3 is 11.1 Å². The molecule has 1 aromatic carbocycles. The van der Waals surface area contributed by atoms with Crippen molar-refractivity contribution in [3.05, 3.63) is 29.3 Å². The maximum absolute atomic E-state index is 5.74. The average Bonchev–Trinajstić information content (AvgIpc) is 2.23. The summed E-state index contributed by atoms with van der Waals surface area (Å²) in [6.07, 6.45) is 5.47. The molecule has 3 heteroatoms. The van der Waals surface area contributed by atoms with E-state index in [0.29, 0.717) is 4.99 Å². The Morgan fingerprint density at radius 3 is 2.82 bits per heavy atom. The van der Waals surface area contributed by atoms with E-state index in [1.165, 1.54) is 31.2 Å². The molecule has 1 aliphatic rings. The summed E-state index contributed by atoms with van der Waals surface area (Å²) in [5.74, 6) is 0.932. The van der Waals surface area contributed by atoms with Crippen molar-refractivity contribution in [2.45, 2.75) is 32.6 Å². The SMILES string of the molecule is Cc1ccc(NCCC2CCC2)c(C(N)=S)c1. The molecule has 2 nitrogen and oxygen atoms in total. The first-order valence-corrected chi connectivity index (χ1v) is 6.72. The number of hydrogen-bond donors (Lipinski definition) is 2. The summed E-state index contributed by atoms with van der Waals surface area (Å²) in [5, 5.41) is 3.45. The third-order valence-electron chi connectivity index (χ3n) is 3.53. The summed E-state index contributed by atoms with van der Waals surface area (Å²) in [6, 6.07) is 6.21. The van der Waals surface area contributed by atoms with Crippen LogP contribution in [-0.2, 0) is 0 Å². The minimum atomic E-state index is 0.472. The van der Waals surface area contributed by atoms with Crippen LogP contribution in [0.15, 0.2) is 18.2 Å². The summed E-state index contributed by atoms with van der Waals surface area (Å²) in [4.78, 5) is 0.472. The van der Waals surface area contributed by atoms with Crippen LogP contribution in [0.4, 0.5) is 5.69 Å². The Bertz CT molecular complexity index is 411. The van der Waals surface area contributed by atoms with Crippen molar-refractivity contribution in [1.82, 2.24) is 0 Å². The molecule has 1 aromatic rings. The molecule has 1 saturated carbocycles. The molecule has 1 fully saturated rings. The van der Waals surface area contributed by atoms with Gasteiger partial charge in [0.05, 0.1) is 0 Å². The lowest BCUT2D eigenvalue weighted by molar-refractivity contribution is 0.303. The summed E-state index contributed by atoms with van der Waals surface area (Å²) < 4.78 is 0. The van der Waals surface area contributed by atoms with Crippen molar-refractivity contribution in [1.29, 1.82) is 0 Å². The minimum absolute atomic E-state index is 0.472. The maximum Gasteiger partial charge on any atom is 0.106 e. The Kier molecular flexibility index (Phi) is 4.00. The Morgan fingerprint density at radius 1 is 1.47 bits per heavy atom. The van der Waals surface area contributed by atoms with Crippen molar-refractivity contribution in [2.75, 3.05) is 11.9 Å². The predicted octanol–water partition coefficient (Wildman–Crippen LogP) is 3.23. The van der Waals surface area contributed by atoms with E-state index in [1.807, 2.05) is 6.07 Å². The number of rotatable bonds is 5. The van der Waals surface area contributed by atoms with Gasteiger partial charge in [0.1, 0.15) is 4.99 Å². The fraction of sp³-hybridized carbons (Fsp3) is 0.500. The Balaban J connectivity index is 1.96. The molecule has 0 unspecified atom stereocenters. The van der Waals surface area contributed by atoms with Crippen LogP contribution in [0.5, 0.6) is 0 Å². The quantitative estimate of drug-likeness (QED) is 0.786. The summed E-state index contributed by atoms with van der Waals surface area (Å²) in [6.45, 7) is 3.07. The lowest BCUT2D eigenvalue weighted by Gasteiger charge is -2.25. The van der Waals surface area contributed by atoms with E-state index in [-0.39, 0.29) is 0 Å². The van der Waals surface area contributed by atoms with E-state index in [1.54, 1.807) is 0 Å². The van der Waals surface area contributed by atoms with Crippen LogP contribution in [0.2, 0.25) is 0 Å². The van der Waals surface area contributed by atoms with Crippen molar-refractivity contribution in [3.8, 4) is 0 Å². The fourth-order valence-electron chi connectivity index (χ4n) is 2.21. The summed E-state index contributed by atoms with van der Waals surface area (Å²) in [5.41, 5.74) is 8.97. The van der Waals surface area contributed by atoms with E-state index < -0.39 is 0 Å². The topological polar surface area (TPSA) is 38.0 Å². The highest BCUT2D eigenvalue weighted by atomic mass is 32.1. The molecule has 0 radical (unpaired) electrons. The maximum atomic E-state index is 5.74. The average molecular weight is 248 g/mol. The molecule has 0 saturated heterocycles. The molecular weight excluding hydrogens is 228 g/mol. The van der Waals surface area contributed by atoms with Gasteiger partial charge in [-0.2, -0.15) is 0 Å². The fourth-order valence-corrected chi connectivity index (χ4v) is 2.38. The van der Waals surface area contributed by atoms with Gasteiger partial charge in [-0.1, -0.05) is 43.1 Å². The molecule has 0 spiro atoms. The number of nitrogens with one attached hydrogen (secondary N) is 1. The Morgan fingerprint density at radius 2 is 2.24 bits per heavy atom. The van der Waals surface area contributed by atoms with Gasteiger partial charge in [-0.25, -0.2) is 0 Å². The molecule has 0 aromatic heterocycles. The van der Waals surface area contributed by atoms with Crippen LogP contribution in [0.3, 0.4) is 0 Å². The first kappa shape index (κ1) is 12.4. The molecular formula is C14H20N2S. The van der Waals surface area contributed by atoms with Crippen LogP contribution in [0.1, 0.15) is 36.8 Å². The van der Waals surface area contributed by atoms with Crippen LogP contribution < -0.4 is 11.1 Å². The molecule has 17 heavy (non-hydrogen) atoms. The van der Waals surface area contributed by atoms with E-state index in [2.05, 4.69) is 24.4 Å².